The van der Waals surface area contributed by atoms with Crippen LogP contribution in [0, 0.1) is 22.2 Å². The van der Waals surface area contributed by atoms with Crippen molar-refractivity contribution < 1.29 is 8.95 Å². The van der Waals surface area contributed by atoms with Gasteiger partial charge in [0, 0.05) is 11.5 Å². The summed E-state index contributed by atoms with van der Waals surface area (Å²) in [7, 11) is -1.18. The molecule has 0 aliphatic heterocycles. The molecule has 0 heterocycles. The third-order valence-corrected chi connectivity index (χ3v) is 9.09. The van der Waals surface area contributed by atoms with Crippen LogP contribution in [0.25, 0.3) is 0 Å². The van der Waals surface area contributed by atoms with Crippen molar-refractivity contribution in [3.05, 3.63) is 48.6 Å². The zero-order valence-corrected chi connectivity index (χ0v) is 19.9. The zero-order valence-electron chi connectivity index (χ0n) is 19.0. The smallest absolute Gasteiger partial charge is 0.0982 e. The van der Waals surface area contributed by atoms with E-state index in [1.165, 1.54) is 0 Å². The van der Waals surface area contributed by atoms with Gasteiger partial charge < -0.3 is 4.74 Å². The molecule has 0 saturated heterocycles. The Bertz CT molecular complexity index is 739. The minimum atomic E-state index is -1.18. The van der Waals surface area contributed by atoms with Gasteiger partial charge in [0.2, 0.25) is 0 Å². The SMILES string of the molecule is C=CC[C@H](N[S@](=O)[C@@H]1[C@H]2CC[C@@](C)([C@@H]1OCC(C)(C)C)C2(C)C)c1ccccc1. The summed E-state index contributed by atoms with van der Waals surface area (Å²) >= 11 is 0. The van der Waals surface area contributed by atoms with Crippen LogP contribution in [0.3, 0.4) is 0 Å². The molecule has 0 amide bonds. The van der Waals surface area contributed by atoms with Crippen LogP contribution in [0.5, 0.6) is 0 Å². The third kappa shape index (κ3) is 4.26. The highest BCUT2D eigenvalue weighted by molar-refractivity contribution is 7.83. The lowest BCUT2D eigenvalue weighted by atomic mass is 9.70. The maximum absolute atomic E-state index is 13.7. The molecule has 0 aromatic heterocycles. The van der Waals surface area contributed by atoms with Crippen molar-refractivity contribution in [3.8, 4) is 0 Å². The van der Waals surface area contributed by atoms with Gasteiger partial charge in [0.25, 0.3) is 0 Å². The van der Waals surface area contributed by atoms with Gasteiger partial charge in [-0.3, -0.25) is 0 Å². The number of ether oxygens (including phenoxy) is 1. The van der Waals surface area contributed by atoms with Crippen molar-refractivity contribution in [2.45, 2.75) is 78.2 Å². The number of fused-ring (bicyclic) bond motifs is 2. The number of nitrogens with one attached hydrogen (secondary N) is 1. The molecular formula is C25H39NO2S. The van der Waals surface area contributed by atoms with Gasteiger partial charge in [-0.2, -0.15) is 0 Å². The highest BCUT2D eigenvalue weighted by atomic mass is 32.2. The summed E-state index contributed by atoms with van der Waals surface area (Å²) in [6.07, 6.45) is 4.96. The van der Waals surface area contributed by atoms with E-state index in [1.54, 1.807) is 0 Å². The first-order valence-corrected chi connectivity index (χ1v) is 12.2. The van der Waals surface area contributed by atoms with Crippen molar-refractivity contribution in [1.29, 1.82) is 0 Å². The summed E-state index contributed by atoms with van der Waals surface area (Å²) in [6.45, 7) is 18.3. The van der Waals surface area contributed by atoms with Gasteiger partial charge in [-0.15, -0.1) is 6.58 Å². The molecule has 0 radical (unpaired) electrons. The fourth-order valence-corrected chi connectivity index (χ4v) is 7.47. The molecule has 0 unspecified atom stereocenters. The van der Waals surface area contributed by atoms with Gasteiger partial charge >= 0.3 is 0 Å². The van der Waals surface area contributed by atoms with Crippen LogP contribution in [-0.4, -0.2) is 22.2 Å². The van der Waals surface area contributed by atoms with Crippen LogP contribution in [0.4, 0.5) is 0 Å². The summed E-state index contributed by atoms with van der Waals surface area (Å²) in [5.74, 6) is 0.408. The number of benzene rings is 1. The van der Waals surface area contributed by atoms with Crippen LogP contribution < -0.4 is 4.72 Å². The van der Waals surface area contributed by atoms with Gasteiger partial charge in [-0.05, 0) is 41.6 Å². The van der Waals surface area contributed by atoms with E-state index in [1.807, 2.05) is 24.3 Å². The highest BCUT2D eigenvalue weighted by Crippen LogP contribution is 2.67. The Hall–Kier alpha value is -0.970. The van der Waals surface area contributed by atoms with E-state index in [2.05, 4.69) is 65.0 Å². The Morgan fingerprint density at radius 1 is 1.28 bits per heavy atom. The Balaban J connectivity index is 1.85. The molecule has 3 nitrogen and oxygen atoms in total. The van der Waals surface area contributed by atoms with Gasteiger partial charge in [0.1, 0.15) is 0 Å². The molecule has 3 rings (SSSR count). The largest absolute Gasteiger partial charge is 0.376 e. The monoisotopic (exact) mass is 417 g/mol. The third-order valence-electron chi connectivity index (χ3n) is 7.50. The Kier molecular flexibility index (Phi) is 6.48. The molecular weight excluding hydrogens is 378 g/mol. The molecule has 2 bridgehead atoms. The second-order valence-corrected chi connectivity index (χ2v) is 12.3. The summed E-state index contributed by atoms with van der Waals surface area (Å²) in [6, 6.07) is 10.3. The molecule has 2 saturated carbocycles. The molecule has 6 atom stereocenters. The Morgan fingerprint density at radius 3 is 2.52 bits per heavy atom. The summed E-state index contributed by atoms with van der Waals surface area (Å²) < 4.78 is 23.8. The van der Waals surface area contributed by atoms with Crippen molar-refractivity contribution in [2.24, 2.45) is 22.2 Å². The standard InChI is InChI=1S/C25H39NO2S/c1-8-12-20(18-13-10-9-11-14-18)26-29(27)21-19-15-16-25(7,24(19,5)6)22(21)28-17-23(2,3)4/h8-11,13-14,19-22,26H,1,12,15-17H2,2-7H3/t19-,20+,21-,22-,25+,29-/m1/s1. The van der Waals surface area contributed by atoms with E-state index in [0.717, 1.165) is 24.8 Å². The summed E-state index contributed by atoms with van der Waals surface area (Å²) in [4.78, 5) is 0. The summed E-state index contributed by atoms with van der Waals surface area (Å²) in [5, 5.41) is 0.0159. The lowest BCUT2D eigenvalue weighted by Gasteiger charge is -2.41. The molecule has 162 valence electrons. The Morgan fingerprint density at radius 2 is 1.93 bits per heavy atom. The molecule has 2 aliphatic rings. The second-order valence-electron chi connectivity index (χ2n) is 10.9. The Labute approximate surface area is 180 Å². The number of hydrogen-bond acceptors (Lipinski definition) is 2. The lowest BCUT2D eigenvalue weighted by molar-refractivity contribution is -0.0675. The molecule has 1 aromatic carbocycles. The first kappa shape index (κ1) is 22.7. The number of hydrogen-bond donors (Lipinski definition) is 1. The average molecular weight is 418 g/mol. The fraction of sp³-hybridized carbons (Fsp3) is 0.680. The first-order valence-electron chi connectivity index (χ1n) is 11.0. The molecule has 4 heteroatoms. The van der Waals surface area contributed by atoms with Gasteiger partial charge in [0.05, 0.1) is 28.9 Å². The minimum absolute atomic E-state index is 0.00726. The van der Waals surface area contributed by atoms with Crippen molar-refractivity contribution in [3.63, 3.8) is 0 Å². The van der Waals surface area contributed by atoms with E-state index in [9.17, 15) is 4.21 Å². The van der Waals surface area contributed by atoms with Crippen molar-refractivity contribution in [1.82, 2.24) is 4.72 Å². The van der Waals surface area contributed by atoms with E-state index in [0.29, 0.717) is 12.5 Å². The topological polar surface area (TPSA) is 38.3 Å². The van der Waals surface area contributed by atoms with Gasteiger partial charge in [0.15, 0.2) is 0 Å². The van der Waals surface area contributed by atoms with E-state index < -0.39 is 11.0 Å². The first-order chi connectivity index (χ1) is 13.5. The quantitative estimate of drug-likeness (QED) is 0.542. The van der Waals surface area contributed by atoms with Crippen LogP contribution >= 0.6 is 0 Å². The van der Waals surface area contributed by atoms with Crippen LogP contribution in [0.15, 0.2) is 43.0 Å². The lowest BCUT2D eigenvalue weighted by Crippen LogP contribution is -2.47. The van der Waals surface area contributed by atoms with Crippen LogP contribution in [0.2, 0.25) is 0 Å². The predicted octanol–water partition coefficient (Wildman–Crippen LogP) is 5.81. The molecule has 2 aliphatic carbocycles. The molecule has 29 heavy (non-hydrogen) atoms. The van der Waals surface area contributed by atoms with E-state index >= 15 is 0 Å². The predicted molar refractivity (Wildman–Crippen MR) is 123 cm³/mol. The maximum atomic E-state index is 13.7. The average Bonchev–Trinajstić information content (AvgIpc) is 2.97. The van der Waals surface area contributed by atoms with Crippen molar-refractivity contribution >= 4 is 11.0 Å². The number of rotatable bonds is 8. The van der Waals surface area contributed by atoms with Gasteiger partial charge in [-0.1, -0.05) is 78.0 Å². The van der Waals surface area contributed by atoms with E-state index in [4.69, 9.17) is 4.74 Å². The molecule has 2 fully saturated rings. The highest BCUT2D eigenvalue weighted by Gasteiger charge is 2.68. The zero-order chi connectivity index (χ0) is 21.4. The molecule has 1 N–H and O–H groups in total. The summed E-state index contributed by atoms with van der Waals surface area (Å²) in [5.41, 5.74) is 1.43. The normalized spacial score (nSPS) is 32.8. The van der Waals surface area contributed by atoms with Crippen LogP contribution in [-0.2, 0) is 15.7 Å². The maximum Gasteiger partial charge on any atom is 0.0982 e. The van der Waals surface area contributed by atoms with Gasteiger partial charge in [-0.25, -0.2) is 8.93 Å². The second kappa shape index (κ2) is 8.28. The molecule has 1 aromatic rings. The van der Waals surface area contributed by atoms with Crippen molar-refractivity contribution in [2.75, 3.05) is 6.61 Å². The van der Waals surface area contributed by atoms with Crippen LogP contribution in [0.1, 0.15) is 72.4 Å². The fourth-order valence-electron chi connectivity index (χ4n) is 5.42. The van der Waals surface area contributed by atoms with E-state index in [-0.39, 0.29) is 33.6 Å². The molecule has 0 spiro atoms. The minimum Gasteiger partial charge on any atom is -0.376 e.